The van der Waals surface area contributed by atoms with E-state index in [4.69, 9.17) is 15.2 Å². The molecule has 0 bridgehead atoms. The number of rotatable bonds is 9. The molecule has 1 aromatic rings. The first-order valence-corrected chi connectivity index (χ1v) is 6.89. The SMILES string of the molecule is COc1ccc(CCC(=O)NCCCCN)cc1OC. The van der Waals surface area contributed by atoms with Gasteiger partial charge in [0.1, 0.15) is 0 Å². The second-order valence-corrected chi connectivity index (χ2v) is 4.54. The topological polar surface area (TPSA) is 73.6 Å². The minimum absolute atomic E-state index is 0.0665. The van der Waals surface area contributed by atoms with E-state index in [0.717, 1.165) is 18.4 Å². The molecule has 0 radical (unpaired) electrons. The summed E-state index contributed by atoms with van der Waals surface area (Å²) in [7, 11) is 3.21. The van der Waals surface area contributed by atoms with Crippen molar-refractivity contribution in [2.75, 3.05) is 27.3 Å². The molecule has 1 amide bonds. The van der Waals surface area contributed by atoms with Crippen molar-refractivity contribution >= 4 is 5.91 Å². The zero-order chi connectivity index (χ0) is 14.8. The summed E-state index contributed by atoms with van der Waals surface area (Å²) in [6.45, 7) is 1.36. The molecule has 0 aromatic heterocycles. The van der Waals surface area contributed by atoms with Gasteiger partial charge in [0, 0.05) is 13.0 Å². The van der Waals surface area contributed by atoms with Gasteiger partial charge in [0.2, 0.25) is 5.91 Å². The van der Waals surface area contributed by atoms with E-state index >= 15 is 0 Å². The number of methoxy groups -OCH3 is 2. The van der Waals surface area contributed by atoms with E-state index in [0.29, 0.717) is 37.4 Å². The lowest BCUT2D eigenvalue weighted by Crippen LogP contribution is -2.25. The van der Waals surface area contributed by atoms with Gasteiger partial charge in [-0.1, -0.05) is 6.07 Å². The predicted octanol–water partition coefficient (Wildman–Crippen LogP) is 1.49. The van der Waals surface area contributed by atoms with E-state index in [-0.39, 0.29) is 5.91 Å². The Morgan fingerprint density at radius 1 is 1.20 bits per heavy atom. The Balaban J connectivity index is 2.39. The number of ether oxygens (including phenoxy) is 2. The molecule has 0 saturated carbocycles. The monoisotopic (exact) mass is 280 g/mol. The van der Waals surface area contributed by atoms with Crippen LogP contribution in [0.3, 0.4) is 0 Å². The molecule has 0 aliphatic rings. The Morgan fingerprint density at radius 2 is 1.95 bits per heavy atom. The van der Waals surface area contributed by atoms with Crippen LogP contribution >= 0.6 is 0 Å². The van der Waals surface area contributed by atoms with Crippen LogP contribution in [-0.2, 0) is 11.2 Å². The van der Waals surface area contributed by atoms with Gasteiger partial charge in [-0.2, -0.15) is 0 Å². The van der Waals surface area contributed by atoms with E-state index in [1.807, 2.05) is 18.2 Å². The lowest BCUT2D eigenvalue weighted by Gasteiger charge is -2.09. The molecule has 0 saturated heterocycles. The number of nitrogens with two attached hydrogens (primary N) is 1. The minimum atomic E-state index is 0.0665. The van der Waals surface area contributed by atoms with Gasteiger partial charge in [-0.05, 0) is 43.5 Å². The van der Waals surface area contributed by atoms with Crippen molar-refractivity contribution in [3.8, 4) is 11.5 Å². The molecule has 5 nitrogen and oxygen atoms in total. The number of nitrogens with one attached hydrogen (secondary N) is 1. The number of hydrogen-bond acceptors (Lipinski definition) is 4. The zero-order valence-electron chi connectivity index (χ0n) is 12.3. The standard InChI is InChI=1S/C15H24N2O3/c1-19-13-7-5-12(11-14(13)20-2)6-8-15(18)17-10-4-3-9-16/h5,7,11H,3-4,6,8-10,16H2,1-2H3,(H,17,18). The van der Waals surface area contributed by atoms with Crippen molar-refractivity contribution in [2.24, 2.45) is 5.73 Å². The van der Waals surface area contributed by atoms with Crippen LogP contribution in [0.25, 0.3) is 0 Å². The van der Waals surface area contributed by atoms with E-state index in [9.17, 15) is 4.79 Å². The largest absolute Gasteiger partial charge is 0.493 e. The first kappa shape index (κ1) is 16.3. The molecular weight excluding hydrogens is 256 g/mol. The maximum absolute atomic E-state index is 11.7. The molecule has 3 N–H and O–H groups in total. The summed E-state index contributed by atoms with van der Waals surface area (Å²) in [5.74, 6) is 1.45. The van der Waals surface area contributed by atoms with Crippen LogP contribution in [0.1, 0.15) is 24.8 Å². The summed E-state index contributed by atoms with van der Waals surface area (Å²) >= 11 is 0. The number of aryl methyl sites for hydroxylation is 1. The summed E-state index contributed by atoms with van der Waals surface area (Å²) in [4.78, 5) is 11.7. The molecule has 112 valence electrons. The molecule has 1 aromatic carbocycles. The van der Waals surface area contributed by atoms with Crippen LogP contribution in [0.4, 0.5) is 0 Å². The van der Waals surface area contributed by atoms with Gasteiger partial charge >= 0.3 is 0 Å². The van der Waals surface area contributed by atoms with E-state index in [2.05, 4.69) is 5.32 Å². The Kier molecular flexibility index (Phi) is 7.50. The highest BCUT2D eigenvalue weighted by molar-refractivity contribution is 5.76. The molecule has 0 aliphatic heterocycles. The minimum Gasteiger partial charge on any atom is -0.493 e. The number of amides is 1. The molecule has 0 aliphatic carbocycles. The van der Waals surface area contributed by atoms with Gasteiger partial charge in [-0.15, -0.1) is 0 Å². The highest BCUT2D eigenvalue weighted by Crippen LogP contribution is 2.27. The zero-order valence-corrected chi connectivity index (χ0v) is 12.3. The van der Waals surface area contributed by atoms with Crippen LogP contribution < -0.4 is 20.5 Å². The quantitative estimate of drug-likeness (QED) is 0.672. The van der Waals surface area contributed by atoms with E-state index in [1.165, 1.54) is 0 Å². The third-order valence-corrected chi connectivity index (χ3v) is 3.04. The second kappa shape index (κ2) is 9.20. The Labute approximate surface area is 120 Å². The lowest BCUT2D eigenvalue weighted by atomic mass is 10.1. The summed E-state index contributed by atoms with van der Waals surface area (Å²) in [6.07, 6.45) is 3.02. The third-order valence-electron chi connectivity index (χ3n) is 3.04. The number of carbonyl (C=O) groups excluding carboxylic acids is 1. The first-order chi connectivity index (χ1) is 9.71. The highest BCUT2D eigenvalue weighted by atomic mass is 16.5. The van der Waals surface area contributed by atoms with Crippen LogP contribution in [-0.4, -0.2) is 33.2 Å². The van der Waals surface area contributed by atoms with E-state index < -0.39 is 0 Å². The smallest absolute Gasteiger partial charge is 0.220 e. The van der Waals surface area contributed by atoms with Crippen LogP contribution in [0.5, 0.6) is 11.5 Å². The fourth-order valence-corrected chi connectivity index (χ4v) is 1.88. The van der Waals surface area contributed by atoms with Gasteiger partial charge in [0.25, 0.3) is 0 Å². The molecule has 1 rings (SSSR count). The summed E-state index contributed by atoms with van der Waals surface area (Å²) in [5.41, 5.74) is 6.45. The van der Waals surface area contributed by atoms with Crippen LogP contribution in [0.2, 0.25) is 0 Å². The Morgan fingerprint density at radius 3 is 2.60 bits per heavy atom. The van der Waals surface area contributed by atoms with Crippen molar-refractivity contribution in [1.29, 1.82) is 0 Å². The highest BCUT2D eigenvalue weighted by Gasteiger charge is 2.06. The van der Waals surface area contributed by atoms with Crippen molar-refractivity contribution < 1.29 is 14.3 Å². The summed E-state index contributed by atoms with van der Waals surface area (Å²) in [5, 5.41) is 2.89. The molecule has 20 heavy (non-hydrogen) atoms. The van der Waals surface area contributed by atoms with Crippen LogP contribution in [0, 0.1) is 0 Å². The summed E-state index contributed by atoms with van der Waals surface area (Å²) < 4.78 is 10.4. The fraction of sp³-hybridized carbons (Fsp3) is 0.533. The lowest BCUT2D eigenvalue weighted by molar-refractivity contribution is -0.121. The fourth-order valence-electron chi connectivity index (χ4n) is 1.88. The van der Waals surface area contributed by atoms with Gasteiger partial charge in [-0.25, -0.2) is 0 Å². The van der Waals surface area contributed by atoms with Crippen molar-refractivity contribution in [3.63, 3.8) is 0 Å². The Bertz CT molecular complexity index is 422. The average molecular weight is 280 g/mol. The number of unbranched alkanes of at least 4 members (excludes halogenated alkanes) is 1. The van der Waals surface area contributed by atoms with Crippen molar-refractivity contribution in [3.05, 3.63) is 23.8 Å². The van der Waals surface area contributed by atoms with Gasteiger partial charge in [-0.3, -0.25) is 4.79 Å². The second-order valence-electron chi connectivity index (χ2n) is 4.54. The average Bonchev–Trinajstić information content (AvgIpc) is 2.49. The van der Waals surface area contributed by atoms with Gasteiger partial charge < -0.3 is 20.5 Å². The third kappa shape index (κ3) is 5.48. The first-order valence-electron chi connectivity index (χ1n) is 6.89. The van der Waals surface area contributed by atoms with Crippen molar-refractivity contribution in [2.45, 2.75) is 25.7 Å². The maximum atomic E-state index is 11.7. The van der Waals surface area contributed by atoms with Crippen LogP contribution in [0.15, 0.2) is 18.2 Å². The predicted molar refractivity (Wildman–Crippen MR) is 79.2 cm³/mol. The molecule has 0 fully saturated rings. The van der Waals surface area contributed by atoms with Gasteiger partial charge in [0.05, 0.1) is 14.2 Å². The number of benzene rings is 1. The Hall–Kier alpha value is -1.75. The summed E-state index contributed by atoms with van der Waals surface area (Å²) in [6, 6.07) is 5.71. The molecule has 5 heteroatoms. The molecule has 0 unspecified atom stereocenters. The maximum Gasteiger partial charge on any atom is 0.220 e. The molecule has 0 spiro atoms. The molecule has 0 atom stereocenters. The van der Waals surface area contributed by atoms with Crippen molar-refractivity contribution in [1.82, 2.24) is 5.32 Å². The molecule has 0 heterocycles. The van der Waals surface area contributed by atoms with Gasteiger partial charge in [0.15, 0.2) is 11.5 Å². The number of carbonyl (C=O) groups is 1. The number of hydrogen-bond donors (Lipinski definition) is 2. The molecular formula is C15H24N2O3. The van der Waals surface area contributed by atoms with E-state index in [1.54, 1.807) is 14.2 Å². The normalized spacial score (nSPS) is 10.2.